The van der Waals surface area contributed by atoms with Gasteiger partial charge in [0.2, 0.25) is 0 Å². The number of carboxylic acids is 1. The van der Waals surface area contributed by atoms with Gasteiger partial charge >= 0.3 is 19.6 Å². The number of hydrogen-bond donors (Lipinski definition) is 4. The second-order valence-electron chi connectivity index (χ2n) is 6.22. The van der Waals surface area contributed by atoms with Crippen molar-refractivity contribution >= 4 is 42.8 Å². The van der Waals surface area contributed by atoms with E-state index in [9.17, 15) is 19.3 Å². The van der Waals surface area contributed by atoms with Crippen LogP contribution < -0.4 is 5.32 Å². The molecule has 0 radical (unpaired) electrons. The Morgan fingerprint density at radius 3 is 2.31 bits per heavy atom. The Labute approximate surface area is 161 Å². The highest BCUT2D eigenvalue weighted by Crippen LogP contribution is 2.35. The first-order valence-corrected chi connectivity index (χ1v) is 10.2. The Balaban J connectivity index is 2.91. The number of carboxylic acid groups (broad SMARTS) is 1. The number of halogens is 2. The molecule has 0 spiro atoms. The van der Waals surface area contributed by atoms with Gasteiger partial charge < -0.3 is 25.1 Å². The van der Waals surface area contributed by atoms with E-state index in [4.69, 9.17) is 33.0 Å². The maximum absolute atomic E-state index is 12.3. The molecule has 0 aliphatic rings. The Morgan fingerprint density at radius 1 is 1.23 bits per heavy atom. The van der Waals surface area contributed by atoms with E-state index >= 15 is 0 Å². The van der Waals surface area contributed by atoms with Gasteiger partial charge in [-0.2, -0.15) is 0 Å². The fraction of sp³-hybridized carbons (Fsp3) is 0.467. The minimum absolute atomic E-state index is 0.0642. The Kier molecular flexibility index (Phi) is 8.37. The van der Waals surface area contributed by atoms with Gasteiger partial charge in [0.1, 0.15) is 12.3 Å². The fourth-order valence-electron chi connectivity index (χ4n) is 2.21. The number of nitrogens with one attached hydrogen (secondary N) is 1. The maximum Gasteiger partial charge on any atom is 0.344 e. The lowest BCUT2D eigenvalue weighted by molar-refractivity contribution is -0.139. The number of nitrogens with zero attached hydrogens (tertiary/aromatic N) is 1. The molecule has 4 N–H and O–H groups in total. The molecule has 0 heterocycles. The zero-order chi connectivity index (χ0) is 20.1. The summed E-state index contributed by atoms with van der Waals surface area (Å²) < 4.78 is 11.2. The van der Waals surface area contributed by atoms with Gasteiger partial charge in [0.25, 0.3) is 0 Å². The fourth-order valence-corrected chi connectivity index (χ4v) is 3.22. The van der Waals surface area contributed by atoms with E-state index in [1.165, 1.54) is 12.1 Å². The maximum atomic E-state index is 12.3. The van der Waals surface area contributed by atoms with Crippen LogP contribution >= 0.6 is 30.8 Å². The van der Waals surface area contributed by atoms with Crippen LogP contribution in [0.4, 0.5) is 4.79 Å². The lowest BCUT2D eigenvalue weighted by Gasteiger charge is -2.27. The molecular weight excluding hydrogens is 406 g/mol. The monoisotopic (exact) mass is 426 g/mol. The minimum Gasteiger partial charge on any atom is -0.480 e. The van der Waals surface area contributed by atoms with Crippen molar-refractivity contribution in [3.63, 3.8) is 0 Å². The molecule has 0 fully saturated rings. The van der Waals surface area contributed by atoms with Crippen molar-refractivity contribution in [3.8, 4) is 0 Å². The van der Waals surface area contributed by atoms with Crippen LogP contribution in [0.5, 0.6) is 0 Å². The molecule has 0 aromatic heterocycles. The number of carbonyl (C=O) groups excluding carboxylic acids is 1. The van der Waals surface area contributed by atoms with Crippen LogP contribution in [0.3, 0.4) is 0 Å². The Bertz CT molecular complexity index is 709. The van der Waals surface area contributed by atoms with Gasteiger partial charge in [0.05, 0.1) is 10.0 Å². The molecule has 0 unspecified atom stereocenters. The molecule has 8 nitrogen and oxygen atoms in total. The van der Waals surface area contributed by atoms with Gasteiger partial charge in [-0.1, -0.05) is 43.1 Å². The van der Waals surface area contributed by atoms with Crippen LogP contribution in [-0.2, 0) is 15.8 Å². The third-order valence-corrected chi connectivity index (χ3v) is 4.70. The SMILES string of the molecule is CC(C)CN(CP(=O)(O)O)C(=O)N[C@@H](Cc1ccc(Cl)c(Cl)c1)C(=O)O. The molecule has 26 heavy (non-hydrogen) atoms. The van der Waals surface area contributed by atoms with Crippen molar-refractivity contribution in [1.29, 1.82) is 0 Å². The van der Waals surface area contributed by atoms with E-state index in [1.807, 2.05) is 0 Å². The van der Waals surface area contributed by atoms with Gasteiger partial charge in [-0.05, 0) is 23.6 Å². The van der Waals surface area contributed by atoms with Gasteiger partial charge in [-0.3, -0.25) is 4.57 Å². The van der Waals surface area contributed by atoms with Crippen molar-refractivity contribution in [2.45, 2.75) is 26.3 Å². The number of aliphatic carboxylic acids is 1. The van der Waals surface area contributed by atoms with Crippen LogP contribution in [0.2, 0.25) is 10.0 Å². The van der Waals surface area contributed by atoms with Gasteiger partial charge in [0, 0.05) is 13.0 Å². The average Bonchev–Trinajstić information content (AvgIpc) is 2.47. The van der Waals surface area contributed by atoms with E-state index < -0.39 is 31.9 Å². The molecule has 1 rings (SSSR count). The number of benzene rings is 1. The first-order valence-electron chi connectivity index (χ1n) is 7.65. The lowest BCUT2D eigenvalue weighted by Crippen LogP contribution is -2.50. The molecule has 0 bridgehead atoms. The van der Waals surface area contributed by atoms with Crippen LogP contribution in [0.15, 0.2) is 18.2 Å². The second kappa shape index (κ2) is 9.58. The summed E-state index contributed by atoms with van der Waals surface area (Å²) in [5, 5.41) is 12.2. The van der Waals surface area contributed by atoms with Crippen molar-refractivity contribution in [2.75, 3.05) is 12.8 Å². The lowest BCUT2D eigenvalue weighted by atomic mass is 10.1. The predicted molar refractivity (Wildman–Crippen MR) is 98.6 cm³/mol. The zero-order valence-electron chi connectivity index (χ0n) is 14.2. The zero-order valence-corrected chi connectivity index (χ0v) is 16.6. The molecule has 0 aliphatic carbocycles. The summed E-state index contributed by atoms with van der Waals surface area (Å²) in [6, 6.07) is 2.42. The Hall–Kier alpha value is -1.31. The topological polar surface area (TPSA) is 127 Å². The Morgan fingerprint density at radius 2 is 1.85 bits per heavy atom. The van der Waals surface area contributed by atoms with Crippen LogP contribution in [0.25, 0.3) is 0 Å². The van der Waals surface area contributed by atoms with Crippen molar-refractivity contribution < 1.29 is 29.0 Å². The molecule has 1 atom stereocenters. The molecule has 0 saturated heterocycles. The third-order valence-electron chi connectivity index (χ3n) is 3.25. The van der Waals surface area contributed by atoms with E-state index in [-0.39, 0.29) is 23.9 Å². The number of carbonyl (C=O) groups is 2. The van der Waals surface area contributed by atoms with E-state index in [2.05, 4.69) is 5.32 Å². The average molecular weight is 427 g/mol. The molecule has 146 valence electrons. The number of urea groups is 1. The van der Waals surface area contributed by atoms with E-state index in [1.54, 1.807) is 19.9 Å². The highest BCUT2D eigenvalue weighted by atomic mass is 35.5. The third kappa shape index (κ3) is 7.93. The quantitative estimate of drug-likeness (QED) is 0.473. The number of amides is 2. The first-order chi connectivity index (χ1) is 11.9. The largest absolute Gasteiger partial charge is 0.480 e. The number of rotatable bonds is 8. The molecule has 11 heteroatoms. The predicted octanol–water partition coefficient (Wildman–Crippen LogP) is 2.79. The van der Waals surface area contributed by atoms with Crippen molar-refractivity contribution in [3.05, 3.63) is 33.8 Å². The van der Waals surface area contributed by atoms with E-state index in [0.717, 1.165) is 4.90 Å². The molecule has 2 amide bonds. The second-order valence-corrected chi connectivity index (χ2v) is 8.64. The van der Waals surface area contributed by atoms with Crippen LogP contribution in [0, 0.1) is 5.92 Å². The van der Waals surface area contributed by atoms with Crippen LogP contribution in [0.1, 0.15) is 19.4 Å². The highest BCUT2D eigenvalue weighted by Gasteiger charge is 2.28. The van der Waals surface area contributed by atoms with E-state index in [0.29, 0.717) is 10.6 Å². The van der Waals surface area contributed by atoms with Crippen molar-refractivity contribution in [1.82, 2.24) is 10.2 Å². The van der Waals surface area contributed by atoms with Crippen molar-refractivity contribution in [2.24, 2.45) is 5.92 Å². The van der Waals surface area contributed by atoms with Crippen LogP contribution in [-0.4, -0.2) is 50.7 Å². The molecule has 1 aromatic rings. The summed E-state index contributed by atoms with van der Waals surface area (Å²) in [7, 11) is -4.49. The number of hydrogen-bond acceptors (Lipinski definition) is 3. The standard InChI is InChI=1S/C15H21Cl2N2O6P/c1-9(2)7-19(8-26(23,24)25)15(22)18-13(14(20)21)6-10-3-4-11(16)12(17)5-10/h3-5,9,13H,6-8H2,1-2H3,(H,18,22)(H,20,21)(H2,23,24,25)/t13-/m0/s1. The summed E-state index contributed by atoms with van der Waals surface area (Å²) in [5.74, 6) is -1.35. The normalized spacial score (nSPS) is 12.7. The first kappa shape index (κ1) is 22.7. The van der Waals surface area contributed by atoms with Gasteiger partial charge in [-0.15, -0.1) is 0 Å². The molecule has 0 saturated carbocycles. The summed E-state index contributed by atoms with van der Waals surface area (Å²) in [6.45, 7) is 3.60. The summed E-state index contributed by atoms with van der Waals surface area (Å²) >= 11 is 11.7. The molecular formula is C15H21Cl2N2O6P. The smallest absolute Gasteiger partial charge is 0.344 e. The van der Waals surface area contributed by atoms with Gasteiger partial charge in [-0.25, -0.2) is 9.59 Å². The summed E-state index contributed by atoms with van der Waals surface area (Å²) in [6.07, 6.45) is -0.862. The highest BCUT2D eigenvalue weighted by molar-refractivity contribution is 7.51. The minimum atomic E-state index is -4.49. The molecule has 0 aliphatic heterocycles. The molecule has 1 aromatic carbocycles. The van der Waals surface area contributed by atoms with Gasteiger partial charge in [0.15, 0.2) is 0 Å². The summed E-state index contributed by atoms with van der Waals surface area (Å²) in [5.41, 5.74) is 0.539. The summed E-state index contributed by atoms with van der Waals surface area (Å²) in [4.78, 5) is 43.0.